The molecule has 2 amide bonds. The molecule has 0 fully saturated rings. The third kappa shape index (κ3) is 3.22. The first-order valence-electron chi connectivity index (χ1n) is 5.93. The number of carbonyl (C=O) groups excluding carboxylic acids is 1. The lowest BCUT2D eigenvalue weighted by atomic mass is 10.2. The van der Waals surface area contributed by atoms with Crippen molar-refractivity contribution in [2.24, 2.45) is 0 Å². The average Bonchev–Trinajstić information content (AvgIpc) is 2.45. The summed E-state index contributed by atoms with van der Waals surface area (Å²) >= 11 is 0. The molecule has 0 saturated carbocycles. The summed E-state index contributed by atoms with van der Waals surface area (Å²) in [5.41, 5.74) is 7.94. The molecule has 19 heavy (non-hydrogen) atoms. The largest absolute Gasteiger partial charge is 0.396 e. The van der Waals surface area contributed by atoms with E-state index in [1.807, 2.05) is 30.3 Å². The quantitative estimate of drug-likeness (QED) is 0.882. The molecule has 0 spiro atoms. The Kier molecular flexibility index (Phi) is 3.97. The number of hydrogen-bond donors (Lipinski definition) is 2. The number of nitrogens with two attached hydrogens (primary N) is 1. The van der Waals surface area contributed by atoms with Gasteiger partial charge < -0.3 is 11.1 Å². The fourth-order valence-corrected chi connectivity index (χ4v) is 1.71. The molecule has 0 unspecified atom stereocenters. The van der Waals surface area contributed by atoms with Crippen LogP contribution in [-0.4, -0.2) is 18.1 Å². The Morgan fingerprint density at radius 1 is 1.32 bits per heavy atom. The second-order valence-electron chi connectivity index (χ2n) is 4.14. The molecular formula is C14H16N4O. The molecule has 5 nitrogen and oxygen atoms in total. The van der Waals surface area contributed by atoms with Gasteiger partial charge in [-0.15, -0.1) is 0 Å². The fourth-order valence-electron chi connectivity index (χ4n) is 1.71. The zero-order valence-electron chi connectivity index (χ0n) is 10.7. The summed E-state index contributed by atoms with van der Waals surface area (Å²) in [4.78, 5) is 17.4. The van der Waals surface area contributed by atoms with Crippen molar-refractivity contribution >= 4 is 17.4 Å². The molecular weight excluding hydrogens is 240 g/mol. The Morgan fingerprint density at radius 3 is 2.74 bits per heavy atom. The third-order valence-electron chi connectivity index (χ3n) is 2.78. The number of carbonyl (C=O) groups is 1. The highest BCUT2D eigenvalue weighted by Gasteiger charge is 2.12. The van der Waals surface area contributed by atoms with E-state index in [9.17, 15) is 4.79 Å². The monoisotopic (exact) mass is 256 g/mol. The minimum absolute atomic E-state index is 0.207. The number of pyridine rings is 1. The molecule has 3 N–H and O–H groups in total. The van der Waals surface area contributed by atoms with Gasteiger partial charge in [-0.2, -0.15) is 0 Å². The number of aromatic nitrogens is 1. The van der Waals surface area contributed by atoms with Gasteiger partial charge in [-0.1, -0.05) is 30.3 Å². The van der Waals surface area contributed by atoms with Crippen LogP contribution in [-0.2, 0) is 6.54 Å². The summed E-state index contributed by atoms with van der Waals surface area (Å²) in [7, 11) is 1.67. The van der Waals surface area contributed by atoms with Crippen molar-refractivity contribution in [2.45, 2.75) is 6.54 Å². The summed E-state index contributed by atoms with van der Waals surface area (Å²) in [6.45, 7) is 0.481. The number of urea groups is 1. The van der Waals surface area contributed by atoms with E-state index in [-0.39, 0.29) is 6.03 Å². The maximum Gasteiger partial charge on any atom is 0.321 e. The Bertz CT molecular complexity index is 556. The van der Waals surface area contributed by atoms with Crippen LogP contribution in [0.4, 0.5) is 16.2 Å². The summed E-state index contributed by atoms with van der Waals surface area (Å²) in [6, 6.07) is 11.2. The van der Waals surface area contributed by atoms with E-state index < -0.39 is 0 Å². The van der Waals surface area contributed by atoms with E-state index in [0.717, 1.165) is 5.56 Å². The highest BCUT2D eigenvalue weighted by molar-refractivity contribution is 5.94. The summed E-state index contributed by atoms with van der Waals surface area (Å²) in [5, 5.41) is 2.84. The van der Waals surface area contributed by atoms with Gasteiger partial charge in [0, 0.05) is 19.8 Å². The summed E-state index contributed by atoms with van der Waals surface area (Å²) in [6.07, 6.45) is 3.13. The number of rotatable bonds is 3. The van der Waals surface area contributed by atoms with Crippen LogP contribution >= 0.6 is 0 Å². The summed E-state index contributed by atoms with van der Waals surface area (Å²) < 4.78 is 0. The van der Waals surface area contributed by atoms with Gasteiger partial charge in [-0.3, -0.25) is 9.88 Å². The normalized spacial score (nSPS) is 9.95. The molecule has 0 bridgehead atoms. The molecule has 98 valence electrons. The van der Waals surface area contributed by atoms with Crippen LogP contribution in [0.5, 0.6) is 0 Å². The topological polar surface area (TPSA) is 71.2 Å². The first kappa shape index (κ1) is 12.9. The van der Waals surface area contributed by atoms with Crippen molar-refractivity contribution in [1.29, 1.82) is 0 Å². The van der Waals surface area contributed by atoms with Crippen LogP contribution in [0, 0.1) is 0 Å². The molecule has 2 aromatic rings. The molecule has 0 aliphatic heterocycles. The predicted molar refractivity (Wildman–Crippen MR) is 75.7 cm³/mol. The lowest BCUT2D eigenvalue weighted by Crippen LogP contribution is -2.37. The number of nitrogens with one attached hydrogen (secondary N) is 1. The molecule has 5 heteroatoms. The van der Waals surface area contributed by atoms with Crippen LogP contribution in [0.1, 0.15) is 5.56 Å². The summed E-state index contributed by atoms with van der Waals surface area (Å²) in [5.74, 6) is 0. The van der Waals surface area contributed by atoms with Gasteiger partial charge in [-0.25, -0.2) is 4.79 Å². The fraction of sp³-hybridized carbons (Fsp3) is 0.143. The highest BCUT2D eigenvalue weighted by atomic mass is 16.2. The van der Waals surface area contributed by atoms with Gasteiger partial charge in [0.05, 0.1) is 17.6 Å². The molecule has 0 aliphatic rings. The Hall–Kier alpha value is -2.56. The number of benzene rings is 1. The Labute approximate surface area is 112 Å². The van der Waals surface area contributed by atoms with Crippen LogP contribution in [0.2, 0.25) is 0 Å². The first-order valence-corrected chi connectivity index (χ1v) is 5.93. The average molecular weight is 256 g/mol. The van der Waals surface area contributed by atoms with Gasteiger partial charge in [-0.05, 0) is 11.6 Å². The minimum atomic E-state index is -0.207. The van der Waals surface area contributed by atoms with Gasteiger partial charge in [0.15, 0.2) is 0 Å². The maximum atomic E-state index is 12.0. The van der Waals surface area contributed by atoms with E-state index in [1.54, 1.807) is 19.3 Å². The SMILES string of the molecule is CN(C(=O)NCc1ccccc1)c1ccncc1N. The van der Waals surface area contributed by atoms with Crippen molar-refractivity contribution in [2.75, 3.05) is 17.7 Å². The lowest BCUT2D eigenvalue weighted by Gasteiger charge is -2.19. The molecule has 2 rings (SSSR count). The molecule has 0 saturated heterocycles. The lowest BCUT2D eigenvalue weighted by molar-refractivity contribution is 0.247. The molecule has 1 aromatic heterocycles. The van der Waals surface area contributed by atoms with Gasteiger partial charge in [0.1, 0.15) is 0 Å². The number of nitrogen functional groups attached to an aromatic ring is 1. The maximum absolute atomic E-state index is 12.0. The molecule has 1 heterocycles. The van der Waals surface area contributed by atoms with Crippen LogP contribution in [0.15, 0.2) is 48.8 Å². The van der Waals surface area contributed by atoms with Crippen LogP contribution < -0.4 is 16.0 Å². The van der Waals surface area contributed by atoms with Gasteiger partial charge >= 0.3 is 6.03 Å². The number of anilines is 2. The number of nitrogens with zero attached hydrogens (tertiary/aromatic N) is 2. The highest BCUT2D eigenvalue weighted by Crippen LogP contribution is 2.19. The van der Waals surface area contributed by atoms with E-state index in [4.69, 9.17) is 5.73 Å². The Balaban J connectivity index is 1.99. The second kappa shape index (κ2) is 5.86. The van der Waals surface area contributed by atoms with E-state index in [2.05, 4.69) is 10.3 Å². The van der Waals surface area contributed by atoms with Crippen molar-refractivity contribution in [3.05, 3.63) is 54.4 Å². The smallest absolute Gasteiger partial charge is 0.321 e. The van der Waals surface area contributed by atoms with E-state index >= 15 is 0 Å². The minimum Gasteiger partial charge on any atom is -0.396 e. The van der Waals surface area contributed by atoms with Crippen LogP contribution in [0.25, 0.3) is 0 Å². The second-order valence-corrected chi connectivity index (χ2v) is 4.14. The zero-order chi connectivity index (χ0) is 13.7. The van der Waals surface area contributed by atoms with Crippen LogP contribution in [0.3, 0.4) is 0 Å². The molecule has 0 atom stereocenters. The Morgan fingerprint density at radius 2 is 2.05 bits per heavy atom. The standard InChI is InChI=1S/C14H16N4O/c1-18(13-7-8-16-10-12(13)15)14(19)17-9-11-5-3-2-4-6-11/h2-8,10H,9,15H2,1H3,(H,17,19). The molecule has 1 aromatic carbocycles. The first-order chi connectivity index (χ1) is 9.18. The third-order valence-corrected chi connectivity index (χ3v) is 2.78. The van der Waals surface area contributed by atoms with E-state index in [0.29, 0.717) is 17.9 Å². The van der Waals surface area contributed by atoms with Crippen molar-refractivity contribution < 1.29 is 4.79 Å². The van der Waals surface area contributed by atoms with Crippen molar-refractivity contribution in [1.82, 2.24) is 10.3 Å². The van der Waals surface area contributed by atoms with Crippen molar-refractivity contribution in [3.63, 3.8) is 0 Å². The molecule has 0 radical (unpaired) electrons. The number of amides is 2. The molecule has 0 aliphatic carbocycles. The van der Waals surface area contributed by atoms with Gasteiger partial charge in [0.2, 0.25) is 0 Å². The number of hydrogen-bond acceptors (Lipinski definition) is 3. The predicted octanol–water partition coefficient (Wildman–Crippen LogP) is 2.01. The zero-order valence-corrected chi connectivity index (χ0v) is 10.7. The van der Waals surface area contributed by atoms with Gasteiger partial charge in [0.25, 0.3) is 0 Å². The van der Waals surface area contributed by atoms with E-state index in [1.165, 1.54) is 11.1 Å². The van der Waals surface area contributed by atoms with Crippen molar-refractivity contribution in [3.8, 4) is 0 Å².